The van der Waals surface area contributed by atoms with Crippen molar-refractivity contribution in [2.75, 3.05) is 11.5 Å². The zero-order valence-corrected chi connectivity index (χ0v) is 17.1. The number of hydrogen-bond donors (Lipinski definition) is 0. The van der Waals surface area contributed by atoms with E-state index in [1.54, 1.807) is 41.9 Å². The number of allylic oxidation sites excluding steroid dienone is 1. The summed E-state index contributed by atoms with van der Waals surface area (Å²) in [7, 11) is 0. The van der Waals surface area contributed by atoms with Crippen molar-refractivity contribution >= 4 is 35.4 Å². The van der Waals surface area contributed by atoms with Crippen LogP contribution in [0.2, 0.25) is 0 Å². The van der Waals surface area contributed by atoms with E-state index in [2.05, 4.69) is 36.4 Å². The highest BCUT2D eigenvalue weighted by molar-refractivity contribution is 8.20. The third-order valence-corrected chi connectivity index (χ3v) is 8.26. The van der Waals surface area contributed by atoms with Gasteiger partial charge in [0.1, 0.15) is 4.08 Å². The average Bonchev–Trinajstić information content (AvgIpc) is 3.30. The highest BCUT2D eigenvalue weighted by Crippen LogP contribution is 2.54. The summed E-state index contributed by atoms with van der Waals surface area (Å²) in [4.78, 5) is 13.6. The van der Waals surface area contributed by atoms with Gasteiger partial charge in [-0.2, -0.15) is 0 Å². The first-order valence-corrected chi connectivity index (χ1v) is 11.4. The molecular weight excluding hydrogens is 384 g/mol. The second-order valence-electron chi connectivity index (χ2n) is 6.68. The van der Waals surface area contributed by atoms with Crippen molar-refractivity contribution in [1.82, 2.24) is 0 Å². The van der Waals surface area contributed by atoms with Gasteiger partial charge in [-0.1, -0.05) is 72.8 Å². The Morgan fingerprint density at radius 2 is 1.61 bits per heavy atom. The molecule has 1 atom stereocenters. The maximum atomic E-state index is 13.6. The van der Waals surface area contributed by atoms with Crippen LogP contribution in [0.1, 0.15) is 34.0 Å². The van der Waals surface area contributed by atoms with E-state index in [9.17, 15) is 4.79 Å². The summed E-state index contributed by atoms with van der Waals surface area (Å²) in [6, 6.07) is 24.2. The van der Waals surface area contributed by atoms with E-state index in [1.807, 2.05) is 36.4 Å². The Hall–Kier alpha value is -2.17. The first-order chi connectivity index (χ1) is 13.8. The first kappa shape index (κ1) is 19.2. The largest absolute Gasteiger partial charge is 0.461 e. The number of ketones is 1. The number of rotatable bonds is 6. The number of benzene rings is 2. The molecular formula is C24H22O2S2. The summed E-state index contributed by atoms with van der Waals surface area (Å²) >= 11 is 3.51. The summed E-state index contributed by atoms with van der Waals surface area (Å²) in [6.45, 7) is 0. The van der Waals surface area contributed by atoms with E-state index < -0.39 is 4.08 Å². The molecule has 2 heterocycles. The monoisotopic (exact) mass is 406 g/mol. The molecule has 1 saturated heterocycles. The molecule has 28 heavy (non-hydrogen) atoms. The van der Waals surface area contributed by atoms with Crippen LogP contribution in [-0.2, 0) is 0 Å². The quantitative estimate of drug-likeness (QED) is 0.436. The highest BCUT2D eigenvalue weighted by atomic mass is 32.2. The van der Waals surface area contributed by atoms with Crippen LogP contribution in [0.25, 0.3) is 6.08 Å². The molecule has 142 valence electrons. The third kappa shape index (κ3) is 3.98. The number of thioether (sulfide) groups is 2. The van der Waals surface area contributed by atoms with Crippen LogP contribution in [0.3, 0.4) is 0 Å². The molecule has 3 aromatic rings. The first-order valence-electron chi connectivity index (χ1n) is 9.44. The lowest BCUT2D eigenvalue weighted by molar-refractivity contribution is 0.0946. The van der Waals surface area contributed by atoms with E-state index >= 15 is 0 Å². The van der Waals surface area contributed by atoms with Crippen LogP contribution >= 0.6 is 23.5 Å². The molecule has 1 fully saturated rings. The maximum absolute atomic E-state index is 13.6. The summed E-state index contributed by atoms with van der Waals surface area (Å²) in [6.07, 6.45) is 7.02. The molecule has 4 heteroatoms. The van der Waals surface area contributed by atoms with E-state index in [0.717, 1.165) is 29.1 Å². The summed E-state index contributed by atoms with van der Waals surface area (Å²) in [5.74, 6) is 2.40. The van der Waals surface area contributed by atoms with Crippen LogP contribution in [0.5, 0.6) is 0 Å². The Labute approximate surface area is 174 Å². The van der Waals surface area contributed by atoms with Crippen molar-refractivity contribution in [3.8, 4) is 0 Å². The van der Waals surface area contributed by atoms with E-state index in [-0.39, 0.29) is 11.7 Å². The van der Waals surface area contributed by atoms with Crippen LogP contribution < -0.4 is 0 Å². The lowest BCUT2D eigenvalue weighted by Gasteiger charge is -2.39. The minimum Gasteiger partial charge on any atom is -0.461 e. The molecule has 4 rings (SSSR count). The van der Waals surface area contributed by atoms with Gasteiger partial charge in [-0.05, 0) is 41.2 Å². The van der Waals surface area contributed by atoms with Crippen molar-refractivity contribution in [3.63, 3.8) is 0 Å². The van der Waals surface area contributed by atoms with Crippen LogP contribution in [0, 0.1) is 0 Å². The van der Waals surface area contributed by atoms with Crippen molar-refractivity contribution < 1.29 is 9.21 Å². The van der Waals surface area contributed by atoms with Gasteiger partial charge in [-0.25, -0.2) is 0 Å². The van der Waals surface area contributed by atoms with Gasteiger partial charge in [0.25, 0.3) is 0 Å². The topological polar surface area (TPSA) is 30.2 Å². The normalized spacial score (nSPS) is 17.4. The van der Waals surface area contributed by atoms with Crippen molar-refractivity contribution in [3.05, 3.63) is 102 Å². The van der Waals surface area contributed by atoms with Gasteiger partial charge in [-0.3, -0.25) is 4.79 Å². The maximum Gasteiger partial charge on any atom is 0.224 e. The standard InChI is InChI=1S/C24H22O2S2/c25-23(22-13-7-16-26-22)24(27-17-8-18-28-24)21(20-11-5-2-6-12-20)15-14-19-9-3-1-4-10-19/h1-7,9-16,21H,8,17-18H2/b15-14+/t21-/m0/s1. The molecule has 1 aromatic heterocycles. The highest BCUT2D eigenvalue weighted by Gasteiger charge is 2.49. The fourth-order valence-electron chi connectivity index (χ4n) is 3.47. The zero-order valence-electron chi connectivity index (χ0n) is 15.5. The molecule has 0 saturated carbocycles. The van der Waals surface area contributed by atoms with Crippen LogP contribution in [0.15, 0.2) is 89.6 Å². The number of hydrogen-bond acceptors (Lipinski definition) is 4. The molecule has 0 N–H and O–H groups in total. The second-order valence-corrected chi connectivity index (χ2v) is 9.62. The van der Waals surface area contributed by atoms with Crippen LogP contribution in [0.4, 0.5) is 0 Å². The van der Waals surface area contributed by atoms with E-state index in [4.69, 9.17) is 4.42 Å². The average molecular weight is 407 g/mol. The number of carbonyl (C=O) groups excluding carboxylic acids is 1. The Kier molecular flexibility index (Phi) is 6.08. The minimum absolute atomic E-state index is 0.0539. The molecule has 0 radical (unpaired) electrons. The third-order valence-electron chi connectivity index (χ3n) is 4.83. The fraction of sp³-hybridized carbons (Fsp3) is 0.208. The molecule has 0 spiro atoms. The lowest BCUT2D eigenvalue weighted by atomic mass is 9.90. The predicted octanol–water partition coefficient (Wildman–Crippen LogP) is 6.53. The Bertz CT molecular complexity index is 912. The fourth-order valence-corrected chi connectivity index (χ4v) is 6.92. The van der Waals surface area contributed by atoms with Gasteiger partial charge >= 0.3 is 0 Å². The van der Waals surface area contributed by atoms with Gasteiger partial charge in [-0.15, -0.1) is 23.5 Å². The Morgan fingerprint density at radius 1 is 0.929 bits per heavy atom. The predicted molar refractivity (Wildman–Crippen MR) is 120 cm³/mol. The SMILES string of the molecule is O=C(c1ccco1)C1([C@@H](/C=C/c2ccccc2)c2ccccc2)SCCCS1. The molecule has 0 bridgehead atoms. The van der Waals surface area contributed by atoms with Gasteiger partial charge < -0.3 is 4.42 Å². The van der Waals surface area contributed by atoms with Gasteiger partial charge in [0, 0.05) is 5.92 Å². The lowest BCUT2D eigenvalue weighted by Crippen LogP contribution is -2.40. The van der Waals surface area contributed by atoms with Crippen molar-refractivity contribution in [2.45, 2.75) is 16.4 Å². The molecule has 2 nitrogen and oxygen atoms in total. The Morgan fingerprint density at radius 3 is 2.25 bits per heavy atom. The number of carbonyl (C=O) groups is 1. The van der Waals surface area contributed by atoms with Crippen molar-refractivity contribution in [1.29, 1.82) is 0 Å². The van der Waals surface area contributed by atoms with E-state index in [0.29, 0.717) is 5.76 Å². The smallest absolute Gasteiger partial charge is 0.224 e. The number of furan rings is 1. The molecule has 0 unspecified atom stereocenters. The van der Waals surface area contributed by atoms with Gasteiger partial charge in [0.15, 0.2) is 5.76 Å². The summed E-state index contributed by atoms with van der Waals surface area (Å²) in [5.41, 5.74) is 2.28. The van der Waals surface area contributed by atoms with E-state index in [1.165, 1.54) is 0 Å². The molecule has 1 aliphatic rings. The second kappa shape index (κ2) is 8.89. The molecule has 2 aromatic carbocycles. The van der Waals surface area contributed by atoms with Crippen molar-refractivity contribution in [2.24, 2.45) is 0 Å². The van der Waals surface area contributed by atoms with Gasteiger partial charge in [0.2, 0.25) is 5.78 Å². The molecule has 0 aliphatic carbocycles. The van der Waals surface area contributed by atoms with Gasteiger partial charge in [0.05, 0.1) is 6.26 Å². The summed E-state index contributed by atoms with van der Waals surface area (Å²) < 4.78 is 4.90. The minimum atomic E-state index is -0.622. The molecule has 1 aliphatic heterocycles. The Balaban J connectivity index is 1.79. The molecule has 0 amide bonds. The summed E-state index contributed by atoms with van der Waals surface area (Å²) in [5, 5.41) is 0. The zero-order chi connectivity index (χ0) is 19.2. The number of Topliss-reactive ketones (excluding diaryl/α,β-unsaturated/α-hetero) is 1. The van der Waals surface area contributed by atoms with Crippen LogP contribution in [-0.4, -0.2) is 21.4 Å².